The van der Waals surface area contributed by atoms with Crippen LogP contribution in [0.3, 0.4) is 0 Å². The van der Waals surface area contributed by atoms with Gasteiger partial charge in [0.05, 0.1) is 24.7 Å². The third kappa shape index (κ3) is 13.9. The van der Waals surface area contributed by atoms with Crippen LogP contribution in [0.4, 0.5) is 0 Å². The second-order valence-corrected chi connectivity index (χ2v) is 14.6. The molecule has 0 radical (unpaired) electrons. The minimum Gasteiger partial charge on any atom is -0.457 e. The van der Waals surface area contributed by atoms with Gasteiger partial charge in [-0.3, -0.25) is 0 Å². The average molecular weight is 791 g/mol. The van der Waals surface area contributed by atoms with E-state index in [0.717, 1.165) is 0 Å². The summed E-state index contributed by atoms with van der Waals surface area (Å²) >= 11 is 0. The number of carbonyl (C=O) groups is 2. The normalized spacial score (nSPS) is 27.2. The van der Waals surface area contributed by atoms with E-state index in [0.29, 0.717) is 6.42 Å². The number of cyclic esters (lactones) is 2. The van der Waals surface area contributed by atoms with Crippen molar-refractivity contribution in [1.82, 2.24) is 9.97 Å². The highest BCUT2D eigenvalue weighted by molar-refractivity contribution is 5.87. The summed E-state index contributed by atoms with van der Waals surface area (Å²) in [5, 5.41) is 32.7. The van der Waals surface area contributed by atoms with Crippen LogP contribution in [0.5, 0.6) is 0 Å². The van der Waals surface area contributed by atoms with Crippen molar-refractivity contribution in [3.05, 3.63) is 127 Å². The van der Waals surface area contributed by atoms with Crippen molar-refractivity contribution in [3.63, 3.8) is 0 Å². The topological polar surface area (TPSA) is 184 Å². The number of oxazole rings is 2. The Morgan fingerprint density at radius 1 is 0.737 bits per heavy atom. The maximum Gasteiger partial charge on any atom is 0.360 e. The van der Waals surface area contributed by atoms with E-state index in [1.807, 2.05) is 26.0 Å². The summed E-state index contributed by atoms with van der Waals surface area (Å²) in [6.07, 6.45) is 24.6. The van der Waals surface area contributed by atoms with Crippen molar-refractivity contribution in [3.8, 4) is 0 Å². The van der Waals surface area contributed by atoms with Gasteiger partial charge in [0.15, 0.2) is 17.3 Å². The number of allylic oxidation sites excluding steroid dienone is 8. The lowest BCUT2D eigenvalue weighted by molar-refractivity contribution is -0.0462. The van der Waals surface area contributed by atoms with Crippen LogP contribution in [0.15, 0.2) is 113 Å². The van der Waals surface area contributed by atoms with Crippen LogP contribution >= 0.6 is 0 Å². The number of fused-ring (bicyclic) bond motifs is 4. The van der Waals surface area contributed by atoms with E-state index in [1.165, 1.54) is 31.8 Å². The fraction of sp³-hybridized carbons (Fsp3) is 0.455. The van der Waals surface area contributed by atoms with Crippen LogP contribution in [0.25, 0.3) is 6.08 Å². The van der Waals surface area contributed by atoms with Gasteiger partial charge in [-0.2, -0.15) is 0 Å². The van der Waals surface area contributed by atoms with E-state index in [9.17, 15) is 24.9 Å². The molecule has 13 heteroatoms. The Morgan fingerprint density at radius 2 is 1.30 bits per heavy atom. The molecule has 1 aliphatic rings. The summed E-state index contributed by atoms with van der Waals surface area (Å²) in [5.41, 5.74) is -1.87. The van der Waals surface area contributed by atoms with E-state index in [2.05, 4.69) is 9.97 Å². The molecule has 3 N–H and O–H groups in total. The monoisotopic (exact) mass is 790 g/mol. The van der Waals surface area contributed by atoms with Crippen LogP contribution in [-0.2, 0) is 25.4 Å². The summed E-state index contributed by atoms with van der Waals surface area (Å²) in [6.45, 7) is 10.8. The number of aliphatic hydroxyl groups excluding tert-OH is 3. The first-order valence-corrected chi connectivity index (χ1v) is 18.9. The molecule has 2 aromatic heterocycles. The number of aliphatic hydroxyl groups is 3. The molecule has 0 aliphatic carbocycles. The first kappa shape index (κ1) is 46.5. The van der Waals surface area contributed by atoms with E-state index in [4.69, 9.17) is 27.8 Å². The molecule has 0 saturated carbocycles. The van der Waals surface area contributed by atoms with Crippen LogP contribution in [-0.4, -0.2) is 94.2 Å². The van der Waals surface area contributed by atoms with E-state index in [1.54, 1.807) is 108 Å². The maximum atomic E-state index is 13.4. The lowest BCUT2D eigenvalue weighted by Gasteiger charge is -2.36. The van der Waals surface area contributed by atoms with Gasteiger partial charge >= 0.3 is 11.9 Å². The van der Waals surface area contributed by atoms with Crippen molar-refractivity contribution >= 4 is 18.0 Å². The van der Waals surface area contributed by atoms with Gasteiger partial charge in [-0.1, -0.05) is 119 Å². The number of hydrogen-bond donors (Lipinski definition) is 3. The highest BCUT2D eigenvalue weighted by atomic mass is 16.6. The number of rotatable bonds is 8. The third-order valence-corrected chi connectivity index (χ3v) is 9.69. The van der Waals surface area contributed by atoms with Gasteiger partial charge in [0.2, 0.25) is 5.89 Å². The molecule has 1 aliphatic heterocycles. The summed E-state index contributed by atoms with van der Waals surface area (Å²) in [6, 6.07) is 0. The molecule has 7 unspecified atom stereocenters. The second kappa shape index (κ2) is 22.7. The molecule has 0 spiro atoms. The number of methoxy groups -OCH3 is 2. The average Bonchev–Trinajstić information content (AvgIpc) is 3.86. The van der Waals surface area contributed by atoms with Gasteiger partial charge in [-0.15, -0.1) is 0 Å². The number of hydrogen-bond acceptors (Lipinski definition) is 13. The van der Waals surface area contributed by atoms with Crippen molar-refractivity contribution in [2.75, 3.05) is 14.2 Å². The van der Waals surface area contributed by atoms with Crippen LogP contribution in [0.1, 0.15) is 87.1 Å². The predicted octanol–water partition coefficient (Wildman–Crippen LogP) is 6.86. The molecule has 0 aromatic carbocycles. The van der Waals surface area contributed by atoms with Gasteiger partial charge in [-0.25, -0.2) is 19.6 Å². The van der Waals surface area contributed by atoms with Gasteiger partial charge < -0.3 is 43.1 Å². The predicted molar refractivity (Wildman–Crippen MR) is 216 cm³/mol. The molecule has 310 valence electrons. The number of nitrogens with zero attached hydrogens (tertiary/aromatic N) is 2. The van der Waals surface area contributed by atoms with Crippen LogP contribution < -0.4 is 0 Å². The Kier molecular flexibility index (Phi) is 18.5. The molecule has 13 nitrogen and oxygen atoms in total. The fourth-order valence-electron chi connectivity index (χ4n) is 5.68. The van der Waals surface area contributed by atoms with Crippen molar-refractivity contribution in [1.29, 1.82) is 0 Å². The van der Waals surface area contributed by atoms with Gasteiger partial charge in [0.25, 0.3) is 0 Å². The quantitative estimate of drug-likeness (QED) is 0.186. The highest BCUT2D eigenvalue weighted by Gasteiger charge is 2.39. The lowest BCUT2D eigenvalue weighted by atomic mass is 9.79. The summed E-state index contributed by atoms with van der Waals surface area (Å²) in [4.78, 5) is 35.2. The molecular weight excluding hydrogens is 732 g/mol. The van der Waals surface area contributed by atoms with Crippen molar-refractivity contribution in [2.24, 2.45) is 10.8 Å². The summed E-state index contributed by atoms with van der Waals surface area (Å²) in [7, 11) is 2.99. The van der Waals surface area contributed by atoms with Crippen LogP contribution in [0.2, 0.25) is 0 Å². The Balaban J connectivity index is 1.96. The first-order chi connectivity index (χ1) is 27.2. The minimum absolute atomic E-state index is 0.0337. The van der Waals surface area contributed by atoms with E-state index >= 15 is 0 Å². The van der Waals surface area contributed by atoms with Crippen LogP contribution in [0, 0.1) is 10.8 Å². The van der Waals surface area contributed by atoms with Gasteiger partial charge in [0, 0.05) is 44.0 Å². The zero-order valence-corrected chi connectivity index (χ0v) is 34.1. The molecule has 7 atom stereocenters. The van der Waals surface area contributed by atoms with E-state index in [-0.39, 0.29) is 36.0 Å². The Labute approximate surface area is 335 Å². The molecule has 3 heterocycles. The number of carbonyl (C=O) groups excluding carboxylic acids is 2. The first-order valence-electron chi connectivity index (χ1n) is 18.9. The number of ether oxygens (including phenoxy) is 4. The molecule has 0 amide bonds. The molecule has 3 rings (SSSR count). The second-order valence-electron chi connectivity index (χ2n) is 14.6. The smallest absolute Gasteiger partial charge is 0.360 e. The van der Waals surface area contributed by atoms with Gasteiger partial charge in [-0.05, 0) is 13.8 Å². The Morgan fingerprint density at radius 3 is 1.89 bits per heavy atom. The SMILES string of the molecule is C/C=C/C(O)C(C)(C)C1C\C=C/C=C\C=C\C(OC)Cc2nc(co2)C(=O)OC(C(C)(C)C(O)/C=C/C)C/C=C\C(OC)C(O)/C=C/C=C\c2nc(co2)C(=O)O1. The van der Waals surface area contributed by atoms with E-state index < -0.39 is 65.5 Å². The molecule has 4 bridgehead atoms. The number of aromatic nitrogens is 2. The summed E-state index contributed by atoms with van der Waals surface area (Å²) in [5.74, 6) is -1.04. The van der Waals surface area contributed by atoms with Crippen molar-refractivity contribution < 1.29 is 52.7 Å². The standard InChI is InChI=1S/C44H58N2O11/c1-9-19-35(48)43(3,4)37-24-15-13-11-12-14-21-30(52-7)27-40-46-32(29-55-40)42(51)57-38(44(5,6)36(49)20-10-2)25-18-23-34(53-8)33(47)22-16-17-26-39-45-31(28-54-39)41(50)56-37/h9-23,26,28-30,33-38,47-49H,24-25,27H2,1-8H3/b12-11-,15-13-,19-9+,20-10+,21-14+,22-16+,23-18-,26-17-. The summed E-state index contributed by atoms with van der Waals surface area (Å²) < 4.78 is 34.0. The fourth-order valence-corrected chi connectivity index (χ4v) is 5.68. The largest absolute Gasteiger partial charge is 0.457 e. The Hall–Kier alpha value is -4.92. The molecule has 2 aromatic rings. The molecule has 0 saturated heterocycles. The maximum absolute atomic E-state index is 13.4. The zero-order chi connectivity index (χ0) is 42.0. The van der Waals surface area contributed by atoms with Crippen molar-refractivity contribution in [2.45, 2.75) is 104 Å². The molecule has 57 heavy (non-hydrogen) atoms. The minimum atomic E-state index is -1.07. The van der Waals surface area contributed by atoms with Gasteiger partial charge in [0.1, 0.15) is 36.9 Å². The molecule has 0 fully saturated rings. The number of esters is 2. The lowest BCUT2D eigenvalue weighted by Crippen LogP contribution is -2.42. The highest BCUT2D eigenvalue weighted by Crippen LogP contribution is 2.33. The third-order valence-electron chi connectivity index (χ3n) is 9.69. The molecular formula is C44H58N2O11. The Bertz CT molecular complexity index is 1810. The zero-order valence-electron chi connectivity index (χ0n) is 34.1.